The Labute approximate surface area is 110 Å². The minimum absolute atomic E-state index is 0.242. The zero-order chi connectivity index (χ0) is 13.8. The Morgan fingerprint density at radius 3 is 2.79 bits per heavy atom. The van der Waals surface area contributed by atoms with Crippen LogP contribution in [0, 0.1) is 0 Å². The van der Waals surface area contributed by atoms with Crippen molar-refractivity contribution in [1.29, 1.82) is 0 Å². The van der Waals surface area contributed by atoms with E-state index in [0.717, 1.165) is 0 Å². The second kappa shape index (κ2) is 5.60. The van der Waals surface area contributed by atoms with Gasteiger partial charge in [-0.15, -0.1) is 0 Å². The minimum atomic E-state index is -1.04. The molecule has 2 rings (SSSR count). The van der Waals surface area contributed by atoms with Crippen LogP contribution in [-0.4, -0.2) is 30.9 Å². The van der Waals surface area contributed by atoms with Crippen LogP contribution in [0.5, 0.6) is 5.75 Å². The van der Waals surface area contributed by atoms with Crippen molar-refractivity contribution in [2.75, 3.05) is 11.9 Å². The lowest BCUT2D eigenvalue weighted by Crippen LogP contribution is -2.49. The van der Waals surface area contributed by atoms with Gasteiger partial charge in [0.05, 0.1) is 12.3 Å². The quantitative estimate of drug-likeness (QED) is 0.831. The van der Waals surface area contributed by atoms with E-state index in [4.69, 9.17) is 14.2 Å². The molecule has 0 saturated carbocycles. The lowest BCUT2D eigenvalue weighted by Gasteiger charge is -2.32. The Kier molecular flexibility index (Phi) is 3.89. The van der Waals surface area contributed by atoms with E-state index in [1.807, 2.05) is 6.07 Å². The van der Waals surface area contributed by atoms with Crippen LogP contribution in [-0.2, 0) is 19.1 Å². The van der Waals surface area contributed by atoms with Crippen molar-refractivity contribution in [3.8, 4) is 5.75 Å². The van der Waals surface area contributed by atoms with E-state index in [1.165, 1.54) is 6.92 Å². The van der Waals surface area contributed by atoms with Crippen molar-refractivity contribution in [3.05, 3.63) is 24.3 Å². The van der Waals surface area contributed by atoms with E-state index >= 15 is 0 Å². The third-order valence-electron chi connectivity index (χ3n) is 2.54. The summed E-state index contributed by atoms with van der Waals surface area (Å²) >= 11 is 0. The Morgan fingerprint density at radius 2 is 2.11 bits per heavy atom. The van der Waals surface area contributed by atoms with Crippen LogP contribution in [0.3, 0.4) is 0 Å². The normalized spacial score (nSPS) is 20.5. The second-order valence-corrected chi connectivity index (χ2v) is 3.97. The number of nitrogens with one attached hydrogen (secondary N) is 1. The highest BCUT2D eigenvalue weighted by Gasteiger charge is 2.38. The summed E-state index contributed by atoms with van der Waals surface area (Å²) in [6, 6.07) is 6.21. The molecule has 1 aliphatic heterocycles. The number of anilines is 1. The van der Waals surface area contributed by atoms with E-state index in [2.05, 4.69) is 5.32 Å². The molecular weight excluding hydrogens is 250 g/mol. The van der Waals surface area contributed by atoms with E-state index in [-0.39, 0.29) is 6.61 Å². The van der Waals surface area contributed by atoms with Gasteiger partial charge in [-0.1, -0.05) is 12.1 Å². The van der Waals surface area contributed by atoms with Crippen molar-refractivity contribution >= 4 is 17.6 Å². The number of carbonyl (C=O) groups is 2. The third kappa shape index (κ3) is 2.96. The highest BCUT2D eigenvalue weighted by molar-refractivity contribution is 5.82. The Morgan fingerprint density at radius 1 is 1.37 bits per heavy atom. The highest BCUT2D eigenvalue weighted by atomic mass is 16.7. The summed E-state index contributed by atoms with van der Waals surface area (Å²) < 4.78 is 15.5. The van der Waals surface area contributed by atoms with Crippen molar-refractivity contribution in [2.45, 2.75) is 26.2 Å². The first kappa shape index (κ1) is 13.2. The molecule has 0 radical (unpaired) electrons. The number of para-hydroxylation sites is 2. The average molecular weight is 265 g/mol. The van der Waals surface area contributed by atoms with Gasteiger partial charge >= 0.3 is 11.9 Å². The Bertz CT molecular complexity index is 488. The molecular formula is C13H15NO5. The fourth-order valence-corrected chi connectivity index (χ4v) is 1.78. The number of hydrogen-bond donors (Lipinski definition) is 1. The van der Waals surface area contributed by atoms with Crippen LogP contribution >= 0.6 is 0 Å². The molecule has 2 atom stereocenters. The predicted molar refractivity (Wildman–Crippen MR) is 66.7 cm³/mol. The smallest absolute Gasteiger partial charge is 0.336 e. The topological polar surface area (TPSA) is 73.9 Å². The highest BCUT2D eigenvalue weighted by Crippen LogP contribution is 2.31. The van der Waals surface area contributed by atoms with Crippen LogP contribution in [0.4, 0.5) is 5.69 Å². The number of benzene rings is 1. The minimum Gasteiger partial charge on any atom is -0.464 e. The van der Waals surface area contributed by atoms with Crippen molar-refractivity contribution < 1.29 is 23.8 Å². The third-order valence-corrected chi connectivity index (χ3v) is 2.54. The van der Waals surface area contributed by atoms with E-state index in [1.54, 1.807) is 25.1 Å². The van der Waals surface area contributed by atoms with Gasteiger partial charge in [-0.3, -0.25) is 4.79 Å². The summed E-state index contributed by atoms with van der Waals surface area (Å²) in [5.74, 6) is -0.530. The van der Waals surface area contributed by atoms with E-state index in [0.29, 0.717) is 11.4 Å². The number of esters is 2. The Balaban J connectivity index is 2.23. The number of fused-ring (bicyclic) bond motifs is 1. The molecule has 1 heterocycles. The zero-order valence-corrected chi connectivity index (χ0v) is 10.7. The van der Waals surface area contributed by atoms with Gasteiger partial charge < -0.3 is 19.5 Å². The molecule has 0 spiro atoms. The van der Waals surface area contributed by atoms with E-state index < -0.39 is 24.3 Å². The summed E-state index contributed by atoms with van der Waals surface area (Å²) in [5, 5.41) is 2.96. The number of carbonyl (C=O) groups excluding carboxylic acids is 2. The van der Waals surface area contributed by atoms with Gasteiger partial charge in [0, 0.05) is 6.92 Å². The van der Waals surface area contributed by atoms with Gasteiger partial charge in [0.2, 0.25) is 0 Å². The summed E-state index contributed by atoms with van der Waals surface area (Å²) in [5.41, 5.74) is 0.656. The predicted octanol–water partition coefficient (Wildman–Crippen LogP) is 1.31. The van der Waals surface area contributed by atoms with Crippen LogP contribution in [0.25, 0.3) is 0 Å². The molecule has 102 valence electrons. The van der Waals surface area contributed by atoms with Crippen molar-refractivity contribution in [1.82, 2.24) is 0 Å². The summed E-state index contributed by atoms with van der Waals surface area (Å²) in [7, 11) is 0. The molecule has 0 aliphatic carbocycles. The first-order valence-corrected chi connectivity index (χ1v) is 5.98. The average Bonchev–Trinajstić information content (AvgIpc) is 2.37. The second-order valence-electron chi connectivity index (χ2n) is 3.97. The number of hydrogen-bond acceptors (Lipinski definition) is 6. The molecule has 0 saturated heterocycles. The molecule has 6 nitrogen and oxygen atoms in total. The zero-order valence-electron chi connectivity index (χ0n) is 10.7. The summed E-state index contributed by atoms with van der Waals surface area (Å²) in [4.78, 5) is 22.9. The molecule has 0 bridgehead atoms. The maximum atomic E-state index is 11.8. The lowest BCUT2D eigenvalue weighted by molar-refractivity contribution is -0.171. The monoisotopic (exact) mass is 265 g/mol. The number of ether oxygens (including phenoxy) is 3. The van der Waals surface area contributed by atoms with Gasteiger partial charge in [0.15, 0.2) is 6.04 Å². The number of rotatable bonds is 3. The van der Waals surface area contributed by atoms with Gasteiger partial charge in [-0.05, 0) is 19.1 Å². The summed E-state index contributed by atoms with van der Waals surface area (Å²) in [6.07, 6.45) is -1.04. The largest absolute Gasteiger partial charge is 0.464 e. The molecule has 0 fully saturated rings. The Hall–Kier alpha value is -2.24. The maximum Gasteiger partial charge on any atom is 0.336 e. The van der Waals surface area contributed by atoms with Crippen LogP contribution in [0.15, 0.2) is 24.3 Å². The molecule has 6 heteroatoms. The first-order valence-electron chi connectivity index (χ1n) is 5.98. The lowest BCUT2D eigenvalue weighted by atomic mass is 10.2. The summed E-state index contributed by atoms with van der Waals surface area (Å²) in [6.45, 7) is 3.20. The molecule has 1 N–H and O–H groups in total. The molecule has 1 aromatic carbocycles. The fraction of sp³-hybridized carbons (Fsp3) is 0.385. The molecule has 0 amide bonds. The fourth-order valence-electron chi connectivity index (χ4n) is 1.78. The molecule has 1 aromatic rings. The molecule has 19 heavy (non-hydrogen) atoms. The maximum absolute atomic E-state index is 11.8. The van der Waals surface area contributed by atoms with Crippen LogP contribution in [0.1, 0.15) is 13.8 Å². The molecule has 0 unspecified atom stereocenters. The van der Waals surface area contributed by atoms with Gasteiger partial charge in [-0.2, -0.15) is 0 Å². The van der Waals surface area contributed by atoms with Gasteiger partial charge in [0.25, 0.3) is 6.29 Å². The first-order chi connectivity index (χ1) is 9.11. The standard InChI is InChI=1S/C13H15NO5/c1-3-17-12(16)11-13(18-8(2)15)19-10-7-5-4-6-9(10)14-11/h4-7,11,13-14H,3H2,1-2H3/t11-,13-/m0/s1. The SMILES string of the molecule is CCOC(=O)[C@@H]1Nc2ccccc2O[C@@H]1OC(C)=O. The molecule has 0 aromatic heterocycles. The van der Waals surface area contributed by atoms with Crippen LogP contribution in [0.2, 0.25) is 0 Å². The van der Waals surface area contributed by atoms with Crippen molar-refractivity contribution in [3.63, 3.8) is 0 Å². The van der Waals surface area contributed by atoms with E-state index in [9.17, 15) is 9.59 Å². The van der Waals surface area contributed by atoms with Crippen molar-refractivity contribution in [2.24, 2.45) is 0 Å². The molecule has 1 aliphatic rings. The van der Waals surface area contributed by atoms with Gasteiger partial charge in [0.1, 0.15) is 5.75 Å². The van der Waals surface area contributed by atoms with Gasteiger partial charge in [-0.25, -0.2) is 4.79 Å². The van der Waals surface area contributed by atoms with Crippen LogP contribution < -0.4 is 10.1 Å².